The molecule has 30 heavy (non-hydrogen) atoms. The van der Waals surface area contributed by atoms with Crippen LogP contribution in [-0.4, -0.2) is 46.9 Å². The van der Waals surface area contributed by atoms with E-state index >= 15 is 0 Å². The van der Waals surface area contributed by atoms with Gasteiger partial charge in [-0.15, -0.1) is 0 Å². The predicted octanol–water partition coefficient (Wildman–Crippen LogP) is 3.25. The zero-order chi connectivity index (χ0) is 20.8. The molecule has 1 aromatic carbocycles. The fraction of sp³-hybridized carbons (Fsp3) is 0.318. The number of rotatable bonds is 5. The predicted molar refractivity (Wildman–Crippen MR) is 121 cm³/mol. The highest BCUT2D eigenvalue weighted by atomic mass is 35.5. The molecule has 0 bridgehead atoms. The minimum Gasteiger partial charge on any atom is -0.356 e. The monoisotopic (exact) mass is 423 g/mol. The van der Waals surface area contributed by atoms with Crippen LogP contribution in [0.25, 0.3) is 5.69 Å². The Morgan fingerprint density at radius 2 is 1.97 bits per heavy atom. The SMILES string of the molecule is CN=C(NCc1cnn(-c2ccc(Cl)cc2)c1)NC1CCN(c2ccccn2)CC1. The van der Waals surface area contributed by atoms with Gasteiger partial charge in [0.25, 0.3) is 0 Å². The van der Waals surface area contributed by atoms with E-state index < -0.39 is 0 Å². The Morgan fingerprint density at radius 3 is 2.67 bits per heavy atom. The molecule has 1 fully saturated rings. The number of anilines is 1. The molecule has 8 heteroatoms. The zero-order valence-corrected chi connectivity index (χ0v) is 17.8. The summed E-state index contributed by atoms with van der Waals surface area (Å²) in [5.74, 6) is 1.86. The molecule has 7 nitrogen and oxygen atoms in total. The van der Waals surface area contributed by atoms with Crippen molar-refractivity contribution in [2.75, 3.05) is 25.0 Å². The number of pyridine rings is 1. The highest BCUT2D eigenvalue weighted by Gasteiger charge is 2.20. The molecule has 0 aliphatic carbocycles. The van der Waals surface area contributed by atoms with Gasteiger partial charge in [-0.25, -0.2) is 9.67 Å². The van der Waals surface area contributed by atoms with Crippen molar-refractivity contribution in [2.24, 2.45) is 4.99 Å². The molecule has 0 spiro atoms. The molecule has 1 aliphatic rings. The summed E-state index contributed by atoms with van der Waals surface area (Å²) >= 11 is 5.96. The first-order chi connectivity index (χ1) is 14.7. The van der Waals surface area contributed by atoms with Crippen molar-refractivity contribution in [2.45, 2.75) is 25.4 Å². The molecule has 2 aromatic heterocycles. The van der Waals surface area contributed by atoms with Crippen LogP contribution in [0.15, 0.2) is 66.0 Å². The van der Waals surface area contributed by atoms with Gasteiger partial charge < -0.3 is 15.5 Å². The number of hydrogen-bond donors (Lipinski definition) is 2. The van der Waals surface area contributed by atoms with Crippen LogP contribution >= 0.6 is 11.6 Å². The third kappa shape index (κ3) is 5.10. The van der Waals surface area contributed by atoms with Gasteiger partial charge in [0.05, 0.1) is 11.9 Å². The maximum Gasteiger partial charge on any atom is 0.191 e. The molecule has 2 N–H and O–H groups in total. The summed E-state index contributed by atoms with van der Waals surface area (Å²) in [4.78, 5) is 11.2. The summed E-state index contributed by atoms with van der Waals surface area (Å²) in [5.41, 5.74) is 2.06. The second-order valence-electron chi connectivity index (χ2n) is 7.29. The largest absolute Gasteiger partial charge is 0.356 e. The van der Waals surface area contributed by atoms with Gasteiger partial charge >= 0.3 is 0 Å². The van der Waals surface area contributed by atoms with E-state index in [0.29, 0.717) is 17.6 Å². The number of hydrogen-bond acceptors (Lipinski definition) is 4. The van der Waals surface area contributed by atoms with E-state index in [2.05, 4.69) is 36.7 Å². The Morgan fingerprint density at radius 1 is 1.17 bits per heavy atom. The van der Waals surface area contributed by atoms with Crippen molar-refractivity contribution in [1.82, 2.24) is 25.4 Å². The van der Waals surface area contributed by atoms with Gasteiger partial charge in [-0.3, -0.25) is 4.99 Å². The average Bonchev–Trinajstić information content (AvgIpc) is 3.27. The van der Waals surface area contributed by atoms with Crippen LogP contribution in [-0.2, 0) is 6.54 Å². The van der Waals surface area contributed by atoms with E-state index in [1.807, 2.05) is 59.7 Å². The standard InChI is InChI=1S/C22H26ClN7/c1-24-22(28-19-9-12-29(13-10-19)21-4-2-3-11-25-21)26-14-17-15-27-30(16-17)20-7-5-18(23)6-8-20/h2-8,11,15-16,19H,9-10,12-14H2,1H3,(H2,24,26,28). The van der Waals surface area contributed by atoms with Gasteiger partial charge in [-0.1, -0.05) is 17.7 Å². The first-order valence-corrected chi connectivity index (χ1v) is 10.5. The minimum absolute atomic E-state index is 0.396. The number of piperidine rings is 1. The summed E-state index contributed by atoms with van der Waals surface area (Å²) in [6.07, 6.45) is 7.81. The van der Waals surface area contributed by atoms with Gasteiger partial charge in [0.1, 0.15) is 5.82 Å². The fourth-order valence-electron chi connectivity index (χ4n) is 3.55. The molecule has 3 heterocycles. The maximum atomic E-state index is 5.96. The van der Waals surface area contributed by atoms with Gasteiger partial charge in [-0.2, -0.15) is 5.10 Å². The number of aliphatic imine (C=N–C) groups is 1. The number of nitrogens with one attached hydrogen (secondary N) is 2. The molecular formula is C22H26ClN7. The van der Waals surface area contributed by atoms with Crippen molar-refractivity contribution in [1.29, 1.82) is 0 Å². The van der Waals surface area contributed by atoms with Crippen LogP contribution in [0.5, 0.6) is 0 Å². The van der Waals surface area contributed by atoms with Crippen molar-refractivity contribution in [3.63, 3.8) is 0 Å². The highest BCUT2D eigenvalue weighted by molar-refractivity contribution is 6.30. The van der Waals surface area contributed by atoms with Crippen molar-refractivity contribution < 1.29 is 0 Å². The van der Waals surface area contributed by atoms with Crippen LogP contribution in [0.4, 0.5) is 5.82 Å². The smallest absolute Gasteiger partial charge is 0.191 e. The Bertz CT molecular complexity index is 961. The van der Waals surface area contributed by atoms with Crippen LogP contribution in [0, 0.1) is 0 Å². The van der Waals surface area contributed by atoms with Gasteiger partial charge in [0.2, 0.25) is 0 Å². The topological polar surface area (TPSA) is 70.4 Å². The van der Waals surface area contributed by atoms with Crippen molar-refractivity contribution in [3.8, 4) is 5.69 Å². The maximum absolute atomic E-state index is 5.96. The summed E-state index contributed by atoms with van der Waals surface area (Å²) in [7, 11) is 1.80. The lowest BCUT2D eigenvalue weighted by atomic mass is 10.1. The molecular weight excluding hydrogens is 398 g/mol. The molecule has 0 atom stereocenters. The number of nitrogens with zero attached hydrogens (tertiary/aromatic N) is 5. The number of guanidine groups is 1. The number of halogens is 1. The van der Waals surface area contributed by atoms with Gasteiger partial charge in [-0.05, 0) is 49.2 Å². The normalized spacial score (nSPS) is 15.3. The van der Waals surface area contributed by atoms with E-state index in [-0.39, 0.29) is 0 Å². The summed E-state index contributed by atoms with van der Waals surface area (Å²) in [6, 6.07) is 14.1. The zero-order valence-electron chi connectivity index (χ0n) is 17.0. The van der Waals surface area contributed by atoms with Crippen molar-refractivity contribution >= 4 is 23.4 Å². The molecule has 0 amide bonds. The van der Waals surface area contributed by atoms with Crippen LogP contribution in [0.1, 0.15) is 18.4 Å². The van der Waals surface area contributed by atoms with Crippen LogP contribution in [0.3, 0.4) is 0 Å². The highest BCUT2D eigenvalue weighted by Crippen LogP contribution is 2.17. The first kappa shape index (κ1) is 20.2. The average molecular weight is 424 g/mol. The Hall–Kier alpha value is -3.06. The summed E-state index contributed by atoms with van der Waals surface area (Å²) < 4.78 is 1.84. The lowest BCUT2D eigenvalue weighted by molar-refractivity contribution is 0.459. The lowest BCUT2D eigenvalue weighted by Crippen LogP contribution is -2.48. The van der Waals surface area contributed by atoms with Crippen LogP contribution in [0.2, 0.25) is 5.02 Å². The second kappa shape index (κ2) is 9.63. The Kier molecular flexibility index (Phi) is 6.49. The molecule has 4 rings (SSSR count). The Labute approximate surface area is 181 Å². The minimum atomic E-state index is 0.396. The molecule has 0 unspecified atom stereocenters. The number of benzene rings is 1. The first-order valence-electron chi connectivity index (χ1n) is 10.1. The molecule has 0 saturated carbocycles. The molecule has 1 saturated heterocycles. The van der Waals surface area contributed by atoms with Crippen LogP contribution < -0.4 is 15.5 Å². The van der Waals surface area contributed by atoms with E-state index in [4.69, 9.17) is 11.6 Å². The van der Waals surface area contributed by atoms with E-state index in [9.17, 15) is 0 Å². The van der Waals surface area contributed by atoms with Gasteiger partial charge in [0, 0.05) is 55.7 Å². The van der Waals surface area contributed by atoms with Gasteiger partial charge in [0.15, 0.2) is 5.96 Å². The van der Waals surface area contributed by atoms with E-state index in [0.717, 1.165) is 49.0 Å². The van der Waals surface area contributed by atoms with E-state index in [1.165, 1.54) is 0 Å². The van der Waals surface area contributed by atoms with E-state index in [1.54, 1.807) is 7.05 Å². The van der Waals surface area contributed by atoms with Crippen molar-refractivity contribution in [3.05, 3.63) is 71.6 Å². The molecule has 1 aliphatic heterocycles. The summed E-state index contributed by atoms with van der Waals surface area (Å²) in [5, 5.41) is 12.1. The molecule has 156 valence electrons. The summed E-state index contributed by atoms with van der Waals surface area (Å²) in [6.45, 7) is 2.62. The second-order valence-corrected chi connectivity index (χ2v) is 7.73. The molecule has 3 aromatic rings. The molecule has 0 radical (unpaired) electrons. The quantitative estimate of drug-likeness (QED) is 0.487. The Balaban J connectivity index is 1.26. The third-order valence-corrected chi connectivity index (χ3v) is 5.47. The lowest BCUT2D eigenvalue weighted by Gasteiger charge is -2.33. The fourth-order valence-corrected chi connectivity index (χ4v) is 3.68. The third-order valence-electron chi connectivity index (χ3n) is 5.22. The number of aromatic nitrogens is 3.